The third-order valence-electron chi connectivity index (χ3n) is 4.27. The minimum absolute atomic E-state index is 0.0550. The first-order valence-electron chi connectivity index (χ1n) is 7.21. The summed E-state index contributed by atoms with van der Waals surface area (Å²) in [6, 6.07) is 10.9. The first-order chi connectivity index (χ1) is 10.7. The Labute approximate surface area is 126 Å². The second-order valence-corrected chi connectivity index (χ2v) is 5.58. The molecule has 0 bridgehead atoms. The molecule has 0 amide bonds. The van der Waals surface area contributed by atoms with Crippen LogP contribution in [0.1, 0.15) is 23.1 Å². The smallest absolute Gasteiger partial charge is 0.254 e. The van der Waals surface area contributed by atoms with Crippen LogP contribution in [0.2, 0.25) is 0 Å². The van der Waals surface area contributed by atoms with E-state index in [0.29, 0.717) is 11.3 Å². The number of hydrogen-bond acceptors (Lipinski definition) is 3. The van der Waals surface area contributed by atoms with Crippen molar-refractivity contribution >= 4 is 11.0 Å². The molecule has 0 saturated carbocycles. The van der Waals surface area contributed by atoms with Gasteiger partial charge in [-0.1, -0.05) is 0 Å². The van der Waals surface area contributed by atoms with Crippen molar-refractivity contribution in [2.24, 2.45) is 0 Å². The van der Waals surface area contributed by atoms with Gasteiger partial charge < -0.3 is 14.6 Å². The van der Waals surface area contributed by atoms with E-state index in [-0.39, 0.29) is 11.3 Å². The number of furan rings is 1. The number of phenols is 1. The van der Waals surface area contributed by atoms with E-state index in [9.17, 15) is 10.4 Å². The number of nitrogens with zero attached hydrogens (tertiary/aromatic N) is 1. The first kappa shape index (κ1) is 12.8. The van der Waals surface area contributed by atoms with Gasteiger partial charge in [-0.25, -0.2) is 0 Å². The Morgan fingerprint density at radius 3 is 2.86 bits per heavy atom. The molecule has 3 N–H and O–H groups in total. The predicted molar refractivity (Wildman–Crippen MR) is 83.1 cm³/mol. The maximum atomic E-state index is 9.85. The van der Waals surface area contributed by atoms with Crippen LogP contribution in [0.25, 0.3) is 22.3 Å². The van der Waals surface area contributed by atoms with Gasteiger partial charge in [0.15, 0.2) is 5.58 Å². The topological polar surface area (TPSA) is 80.1 Å². The Bertz CT molecular complexity index is 947. The van der Waals surface area contributed by atoms with E-state index in [1.807, 2.05) is 24.3 Å². The molecule has 0 radical (unpaired) electrons. The van der Waals surface area contributed by atoms with Gasteiger partial charge in [0.25, 0.3) is 5.75 Å². The Morgan fingerprint density at radius 1 is 1.18 bits per heavy atom. The molecule has 2 aromatic carbocycles. The third-order valence-corrected chi connectivity index (χ3v) is 4.27. The van der Waals surface area contributed by atoms with E-state index in [0.717, 1.165) is 47.1 Å². The molecule has 1 heterocycles. The van der Waals surface area contributed by atoms with E-state index < -0.39 is 0 Å². The molecule has 0 fully saturated rings. The minimum atomic E-state index is -0.0550. The monoisotopic (exact) mass is 292 g/mol. The lowest BCUT2D eigenvalue weighted by Crippen LogP contribution is -1.87. The molecule has 108 valence electrons. The standard InChI is InChI=1S/C18H13NO3/c19-9-15-16(21)7-6-14-13-3-1-2-10-8-11(20)4-5-12(10)17(13)22-18(14)15/h4-8,20-21H,1-3H2/p+1. The van der Waals surface area contributed by atoms with Gasteiger partial charge in [-0.05, 0) is 43.0 Å². The normalized spacial score (nSPS) is 13.2. The van der Waals surface area contributed by atoms with Crippen LogP contribution in [0.5, 0.6) is 11.5 Å². The lowest BCUT2D eigenvalue weighted by molar-refractivity contribution is 0.472. The molecular formula is C18H14NO3+. The minimum Gasteiger partial charge on any atom is -0.593 e. The Morgan fingerprint density at radius 2 is 2.05 bits per heavy atom. The summed E-state index contributed by atoms with van der Waals surface area (Å²) < 4.78 is 6.00. The fourth-order valence-corrected chi connectivity index (χ4v) is 3.25. The Hall–Kier alpha value is -2.93. The number of aryl methyl sites for hydroxylation is 2. The van der Waals surface area contributed by atoms with E-state index in [4.69, 9.17) is 9.52 Å². The van der Waals surface area contributed by atoms with Gasteiger partial charge in [0, 0.05) is 28.6 Å². The van der Waals surface area contributed by atoms with Gasteiger partial charge in [-0.2, -0.15) is 5.26 Å². The summed E-state index contributed by atoms with van der Waals surface area (Å²) >= 11 is 0. The highest BCUT2D eigenvalue weighted by Gasteiger charge is 2.24. The second kappa shape index (κ2) is 4.54. The summed E-state index contributed by atoms with van der Waals surface area (Å²) in [7, 11) is 0. The van der Waals surface area contributed by atoms with Crippen molar-refractivity contribution in [1.29, 1.82) is 5.26 Å². The third kappa shape index (κ3) is 1.69. The summed E-state index contributed by atoms with van der Waals surface area (Å²) in [5.41, 5.74) is 3.82. The number of nitriles is 1. The molecule has 0 spiro atoms. The van der Waals surface area contributed by atoms with E-state index in [2.05, 4.69) is 0 Å². The molecule has 4 heteroatoms. The average Bonchev–Trinajstić information content (AvgIpc) is 2.76. The highest BCUT2D eigenvalue weighted by Crippen LogP contribution is 2.42. The molecule has 4 rings (SSSR count). The lowest BCUT2D eigenvalue weighted by Gasteiger charge is -2.03. The van der Waals surface area contributed by atoms with Gasteiger partial charge in [0.2, 0.25) is 0 Å². The van der Waals surface area contributed by atoms with E-state index in [1.54, 1.807) is 12.1 Å². The second-order valence-electron chi connectivity index (χ2n) is 5.58. The molecule has 0 unspecified atom stereocenters. The molecule has 1 aliphatic rings. The predicted octanol–water partition coefficient (Wildman–Crippen LogP) is 3.60. The van der Waals surface area contributed by atoms with Crippen LogP contribution in [-0.4, -0.2) is 10.2 Å². The fourth-order valence-electron chi connectivity index (χ4n) is 3.25. The van der Waals surface area contributed by atoms with Crippen molar-refractivity contribution < 1.29 is 14.6 Å². The van der Waals surface area contributed by atoms with Gasteiger partial charge in [0.05, 0.1) is 0 Å². The molecule has 0 atom stereocenters. The number of hydrogen-bond donors (Lipinski definition) is 1. The van der Waals surface area contributed by atoms with Crippen molar-refractivity contribution in [3.8, 4) is 28.9 Å². The summed E-state index contributed by atoms with van der Waals surface area (Å²) in [4.78, 5) is 0. The van der Waals surface area contributed by atoms with Gasteiger partial charge >= 0.3 is 0 Å². The van der Waals surface area contributed by atoms with E-state index >= 15 is 0 Å². The maximum Gasteiger partial charge on any atom is 0.254 e. The molecule has 3 aromatic rings. The highest BCUT2D eigenvalue weighted by molar-refractivity contribution is 5.93. The molecule has 0 saturated heterocycles. The number of rotatable bonds is 0. The van der Waals surface area contributed by atoms with Gasteiger partial charge in [-0.15, -0.1) is 0 Å². The average molecular weight is 292 g/mol. The molecule has 1 aromatic heterocycles. The lowest BCUT2D eigenvalue weighted by atomic mass is 10.0. The van der Waals surface area contributed by atoms with Gasteiger partial charge in [-0.3, -0.25) is 0 Å². The van der Waals surface area contributed by atoms with Crippen LogP contribution in [-0.2, 0) is 12.8 Å². The summed E-state index contributed by atoms with van der Waals surface area (Å²) in [5, 5.41) is 27.8. The number of benzene rings is 2. The van der Waals surface area contributed by atoms with Crippen LogP contribution < -0.4 is 0 Å². The molecule has 1 aliphatic carbocycles. The first-order valence-corrected chi connectivity index (χ1v) is 7.21. The van der Waals surface area contributed by atoms with Gasteiger partial charge in [0.1, 0.15) is 23.1 Å². The van der Waals surface area contributed by atoms with Crippen molar-refractivity contribution in [1.82, 2.24) is 0 Å². The SMILES string of the molecule is N#Cc1c(O)ccc2c3c(oc12)-c1ccc([OH2+])cc1CCC3. The van der Waals surface area contributed by atoms with Crippen molar-refractivity contribution in [3.63, 3.8) is 0 Å². The van der Waals surface area contributed by atoms with Crippen LogP contribution in [0, 0.1) is 11.3 Å². The highest BCUT2D eigenvalue weighted by atomic mass is 16.3. The van der Waals surface area contributed by atoms with Crippen LogP contribution in [0.3, 0.4) is 0 Å². The largest absolute Gasteiger partial charge is 0.593 e. The van der Waals surface area contributed by atoms with Crippen LogP contribution in [0.4, 0.5) is 0 Å². The molecule has 4 nitrogen and oxygen atoms in total. The Kier molecular flexibility index (Phi) is 2.64. The van der Waals surface area contributed by atoms with Crippen LogP contribution in [0.15, 0.2) is 34.7 Å². The molecule has 0 aliphatic heterocycles. The molecular weight excluding hydrogens is 278 g/mol. The zero-order valence-corrected chi connectivity index (χ0v) is 11.8. The van der Waals surface area contributed by atoms with Crippen molar-refractivity contribution in [2.75, 3.05) is 0 Å². The number of phenolic OH excluding ortho intramolecular Hbond substituents is 1. The Balaban J connectivity index is 2.09. The zero-order valence-electron chi connectivity index (χ0n) is 11.8. The fraction of sp³-hybridized carbons (Fsp3) is 0.167. The number of fused-ring (bicyclic) bond motifs is 5. The van der Waals surface area contributed by atoms with Crippen molar-refractivity contribution in [3.05, 3.63) is 47.0 Å². The summed E-state index contributed by atoms with van der Waals surface area (Å²) in [5.74, 6) is 1.21. The zero-order chi connectivity index (χ0) is 15.3. The molecule has 22 heavy (non-hydrogen) atoms. The van der Waals surface area contributed by atoms with Crippen LogP contribution >= 0.6 is 0 Å². The summed E-state index contributed by atoms with van der Waals surface area (Å²) in [6.45, 7) is 0. The quantitative estimate of drug-likeness (QED) is 0.643. The van der Waals surface area contributed by atoms with E-state index in [1.165, 1.54) is 0 Å². The number of aromatic hydroxyl groups is 1. The maximum absolute atomic E-state index is 9.85. The summed E-state index contributed by atoms with van der Waals surface area (Å²) in [6.07, 6.45) is 2.75. The van der Waals surface area contributed by atoms with Crippen molar-refractivity contribution in [2.45, 2.75) is 19.3 Å².